The summed E-state index contributed by atoms with van der Waals surface area (Å²) in [6.07, 6.45) is 3.25. The highest BCUT2D eigenvalue weighted by atomic mass is 79.9. The van der Waals surface area contributed by atoms with Gasteiger partial charge in [-0.05, 0) is 22.0 Å². The molecule has 0 bridgehead atoms. The first kappa shape index (κ1) is 10.8. The van der Waals surface area contributed by atoms with E-state index in [0.29, 0.717) is 22.0 Å². The van der Waals surface area contributed by atoms with Crippen molar-refractivity contribution in [3.63, 3.8) is 0 Å². The fraction of sp³-hybridized carbons (Fsp3) is 0.100. The van der Waals surface area contributed by atoms with Crippen LogP contribution in [-0.2, 0) is 0 Å². The van der Waals surface area contributed by atoms with E-state index in [9.17, 15) is 0 Å². The molecule has 0 fully saturated rings. The van der Waals surface area contributed by atoms with Gasteiger partial charge in [0.05, 0.1) is 11.6 Å². The number of hydrogen-bond donors (Lipinski definition) is 1. The number of nitrogens with zero attached hydrogens (tertiary/aromatic N) is 3. The lowest BCUT2D eigenvalue weighted by Crippen LogP contribution is -1.97. The van der Waals surface area contributed by atoms with E-state index in [0.717, 1.165) is 5.56 Å². The molecule has 0 saturated heterocycles. The van der Waals surface area contributed by atoms with E-state index in [-0.39, 0.29) is 0 Å². The van der Waals surface area contributed by atoms with Gasteiger partial charge in [-0.25, -0.2) is 15.0 Å². The molecular formula is C10H9BrN4O. The van der Waals surface area contributed by atoms with Crippen molar-refractivity contribution in [1.82, 2.24) is 15.0 Å². The number of methoxy groups -OCH3 is 1. The molecule has 2 aromatic heterocycles. The fourth-order valence-electron chi connectivity index (χ4n) is 1.15. The van der Waals surface area contributed by atoms with Crippen molar-refractivity contribution in [3.05, 3.63) is 29.0 Å². The maximum Gasteiger partial charge on any atom is 0.212 e. The predicted octanol–water partition coefficient (Wildman–Crippen LogP) is 1.89. The van der Waals surface area contributed by atoms with Crippen LogP contribution in [0.15, 0.2) is 29.0 Å². The van der Waals surface area contributed by atoms with E-state index < -0.39 is 0 Å². The van der Waals surface area contributed by atoms with Crippen LogP contribution in [0.25, 0.3) is 11.4 Å². The largest absolute Gasteiger partial charge is 0.481 e. The number of pyridine rings is 1. The molecule has 0 unspecified atom stereocenters. The second kappa shape index (κ2) is 4.44. The lowest BCUT2D eigenvalue weighted by atomic mass is 10.2. The van der Waals surface area contributed by atoms with Gasteiger partial charge in [0.25, 0.3) is 0 Å². The molecule has 82 valence electrons. The molecule has 0 amide bonds. The third-order valence-electron chi connectivity index (χ3n) is 1.97. The SMILES string of the molecule is COc1ccc(-c2ncc(Br)c(N)n2)cn1. The van der Waals surface area contributed by atoms with E-state index in [1.54, 1.807) is 25.6 Å². The monoisotopic (exact) mass is 280 g/mol. The van der Waals surface area contributed by atoms with Crippen LogP contribution >= 0.6 is 15.9 Å². The quantitative estimate of drug-likeness (QED) is 0.909. The van der Waals surface area contributed by atoms with Crippen molar-refractivity contribution in [2.75, 3.05) is 12.8 Å². The van der Waals surface area contributed by atoms with Gasteiger partial charge >= 0.3 is 0 Å². The van der Waals surface area contributed by atoms with Crippen molar-refractivity contribution in [3.8, 4) is 17.3 Å². The van der Waals surface area contributed by atoms with Crippen molar-refractivity contribution >= 4 is 21.7 Å². The van der Waals surface area contributed by atoms with Gasteiger partial charge in [0.2, 0.25) is 5.88 Å². The molecule has 2 aromatic rings. The Bertz CT molecular complexity index is 501. The number of rotatable bonds is 2. The molecule has 5 nitrogen and oxygen atoms in total. The molecule has 16 heavy (non-hydrogen) atoms. The molecule has 0 spiro atoms. The molecular weight excluding hydrogens is 272 g/mol. The van der Waals surface area contributed by atoms with Crippen LogP contribution in [0.5, 0.6) is 5.88 Å². The average molecular weight is 281 g/mol. The summed E-state index contributed by atoms with van der Waals surface area (Å²) in [7, 11) is 1.57. The number of nitrogens with two attached hydrogens (primary N) is 1. The van der Waals surface area contributed by atoms with E-state index >= 15 is 0 Å². The van der Waals surface area contributed by atoms with Crippen molar-refractivity contribution < 1.29 is 4.74 Å². The Morgan fingerprint density at radius 3 is 2.62 bits per heavy atom. The van der Waals surface area contributed by atoms with Crippen LogP contribution in [0, 0.1) is 0 Å². The van der Waals surface area contributed by atoms with Gasteiger partial charge in [0.15, 0.2) is 5.82 Å². The van der Waals surface area contributed by atoms with Gasteiger partial charge in [0, 0.05) is 24.0 Å². The Kier molecular flexibility index (Phi) is 3.00. The van der Waals surface area contributed by atoms with Crippen LogP contribution in [0.1, 0.15) is 0 Å². The minimum atomic E-state index is 0.404. The molecule has 0 aliphatic heterocycles. The smallest absolute Gasteiger partial charge is 0.212 e. The lowest BCUT2D eigenvalue weighted by molar-refractivity contribution is 0.398. The molecule has 0 radical (unpaired) electrons. The maximum atomic E-state index is 5.67. The van der Waals surface area contributed by atoms with Crippen LogP contribution < -0.4 is 10.5 Å². The molecule has 0 atom stereocenters. The lowest BCUT2D eigenvalue weighted by Gasteiger charge is -2.03. The van der Waals surface area contributed by atoms with Gasteiger partial charge in [-0.1, -0.05) is 0 Å². The summed E-state index contributed by atoms with van der Waals surface area (Å²) in [6, 6.07) is 3.57. The number of hydrogen-bond acceptors (Lipinski definition) is 5. The van der Waals surface area contributed by atoms with Crippen LogP contribution in [0.2, 0.25) is 0 Å². The topological polar surface area (TPSA) is 73.9 Å². The summed E-state index contributed by atoms with van der Waals surface area (Å²) in [6.45, 7) is 0. The summed E-state index contributed by atoms with van der Waals surface area (Å²) in [4.78, 5) is 12.4. The molecule has 0 aromatic carbocycles. The summed E-state index contributed by atoms with van der Waals surface area (Å²) < 4.78 is 5.64. The Labute approximate surface area is 101 Å². The van der Waals surface area contributed by atoms with E-state index in [1.807, 2.05) is 6.07 Å². The Hall–Kier alpha value is -1.69. The van der Waals surface area contributed by atoms with Crippen LogP contribution in [0.4, 0.5) is 5.82 Å². The van der Waals surface area contributed by atoms with E-state index in [2.05, 4.69) is 30.9 Å². The maximum absolute atomic E-state index is 5.67. The summed E-state index contributed by atoms with van der Waals surface area (Å²) in [5.74, 6) is 1.49. The third-order valence-corrected chi connectivity index (χ3v) is 2.59. The van der Waals surface area contributed by atoms with Crippen molar-refractivity contribution in [1.29, 1.82) is 0 Å². The van der Waals surface area contributed by atoms with Crippen LogP contribution in [-0.4, -0.2) is 22.1 Å². The highest BCUT2D eigenvalue weighted by Gasteiger charge is 2.05. The standard InChI is InChI=1S/C10H9BrN4O/c1-16-8-3-2-6(4-13-8)10-14-5-7(11)9(12)15-10/h2-5H,1H3,(H2,12,14,15). The highest BCUT2D eigenvalue weighted by molar-refractivity contribution is 9.10. The molecule has 2 heterocycles. The first-order valence-electron chi connectivity index (χ1n) is 4.49. The summed E-state index contributed by atoms with van der Waals surface area (Å²) >= 11 is 3.24. The van der Waals surface area contributed by atoms with Crippen molar-refractivity contribution in [2.24, 2.45) is 0 Å². The normalized spacial score (nSPS) is 10.1. The highest BCUT2D eigenvalue weighted by Crippen LogP contribution is 2.21. The minimum absolute atomic E-state index is 0.404. The zero-order valence-electron chi connectivity index (χ0n) is 8.51. The molecule has 2 rings (SSSR count). The summed E-state index contributed by atoms with van der Waals surface area (Å²) in [5.41, 5.74) is 6.46. The van der Waals surface area contributed by atoms with Gasteiger partial charge in [0.1, 0.15) is 5.82 Å². The molecule has 0 aliphatic carbocycles. The molecule has 2 N–H and O–H groups in total. The van der Waals surface area contributed by atoms with Crippen LogP contribution in [0.3, 0.4) is 0 Å². The first-order valence-corrected chi connectivity index (χ1v) is 5.28. The Balaban J connectivity index is 2.38. The van der Waals surface area contributed by atoms with Gasteiger partial charge in [-0.3, -0.25) is 0 Å². The number of nitrogen functional groups attached to an aromatic ring is 1. The first-order chi connectivity index (χ1) is 7.70. The number of aromatic nitrogens is 3. The van der Waals surface area contributed by atoms with Crippen molar-refractivity contribution in [2.45, 2.75) is 0 Å². The zero-order chi connectivity index (χ0) is 11.5. The predicted molar refractivity (Wildman–Crippen MR) is 63.9 cm³/mol. The Morgan fingerprint density at radius 1 is 1.25 bits per heavy atom. The number of ether oxygens (including phenoxy) is 1. The van der Waals surface area contributed by atoms with Gasteiger partial charge in [-0.2, -0.15) is 0 Å². The molecule has 0 aliphatic rings. The fourth-order valence-corrected chi connectivity index (χ4v) is 1.34. The minimum Gasteiger partial charge on any atom is -0.481 e. The molecule has 0 saturated carbocycles. The summed E-state index contributed by atoms with van der Waals surface area (Å²) in [5, 5.41) is 0. The Morgan fingerprint density at radius 2 is 2.06 bits per heavy atom. The number of halogens is 1. The number of anilines is 1. The van der Waals surface area contributed by atoms with Gasteiger partial charge in [-0.15, -0.1) is 0 Å². The second-order valence-corrected chi connectivity index (χ2v) is 3.87. The third kappa shape index (κ3) is 2.11. The second-order valence-electron chi connectivity index (χ2n) is 3.02. The van der Waals surface area contributed by atoms with E-state index in [1.165, 1.54) is 0 Å². The average Bonchev–Trinajstić information content (AvgIpc) is 2.33. The van der Waals surface area contributed by atoms with E-state index in [4.69, 9.17) is 10.5 Å². The molecule has 6 heteroatoms. The van der Waals surface area contributed by atoms with Gasteiger partial charge < -0.3 is 10.5 Å². The zero-order valence-corrected chi connectivity index (χ0v) is 10.1.